The van der Waals surface area contributed by atoms with E-state index >= 15 is 0 Å². The van der Waals surface area contributed by atoms with E-state index in [-0.39, 0.29) is 11.9 Å². The van der Waals surface area contributed by atoms with Gasteiger partial charge in [0.15, 0.2) is 17.4 Å². The lowest BCUT2D eigenvalue weighted by Gasteiger charge is -2.28. The van der Waals surface area contributed by atoms with Crippen LogP contribution in [0.3, 0.4) is 0 Å². The average Bonchev–Trinajstić information content (AvgIpc) is 2.98. The number of likely N-dealkylation sites (tertiary alicyclic amines) is 1. The normalized spacial score (nSPS) is 28.6. The van der Waals surface area contributed by atoms with Crippen LogP contribution in [-0.4, -0.2) is 49.3 Å². The molecule has 5 nitrogen and oxygen atoms in total. The molecule has 1 N–H and O–H groups in total. The minimum Gasteiger partial charge on any atom is -0.490 e. The van der Waals surface area contributed by atoms with Gasteiger partial charge in [-0.05, 0) is 36.1 Å². The van der Waals surface area contributed by atoms with Crippen LogP contribution in [0.25, 0.3) is 0 Å². The summed E-state index contributed by atoms with van der Waals surface area (Å²) < 4.78 is 32.4. The molecule has 1 aliphatic carbocycles. The molecule has 2 aromatic rings. The van der Waals surface area contributed by atoms with Crippen molar-refractivity contribution in [2.75, 3.05) is 43.5 Å². The summed E-state index contributed by atoms with van der Waals surface area (Å²) in [7, 11) is 2.07. The van der Waals surface area contributed by atoms with Gasteiger partial charge in [-0.15, -0.1) is 0 Å². The maximum atomic E-state index is 13.7. The number of hydrogen-bond acceptors (Lipinski definition) is 5. The molecule has 0 bridgehead atoms. The summed E-state index contributed by atoms with van der Waals surface area (Å²) in [5.74, 6) is 1.65. The van der Waals surface area contributed by atoms with E-state index in [0.29, 0.717) is 24.4 Å². The molecule has 142 valence electrons. The third kappa shape index (κ3) is 3.00. The monoisotopic (exact) mass is 372 g/mol. The number of likely N-dealkylation sites (N-methyl/N-ethyl adjacent to an activating group) is 1. The Morgan fingerprint density at radius 2 is 2.04 bits per heavy atom. The van der Waals surface area contributed by atoms with Crippen molar-refractivity contribution in [3.8, 4) is 5.75 Å². The van der Waals surface area contributed by atoms with Crippen molar-refractivity contribution in [3.05, 3.63) is 48.2 Å². The Balaban J connectivity index is 1.12. The van der Waals surface area contributed by atoms with Gasteiger partial charge in [0.25, 0.3) is 0 Å². The Hall–Kier alpha value is -2.41. The van der Waals surface area contributed by atoms with Gasteiger partial charge < -0.3 is 15.0 Å². The smallest absolute Gasteiger partial charge is 0.165 e. The predicted molar refractivity (Wildman–Crippen MR) is 98.8 cm³/mol. The van der Waals surface area contributed by atoms with E-state index in [0.717, 1.165) is 49.3 Å². The number of piperidine rings is 1. The molecule has 0 amide bonds. The van der Waals surface area contributed by atoms with Crippen molar-refractivity contribution in [3.63, 3.8) is 0 Å². The van der Waals surface area contributed by atoms with Crippen molar-refractivity contribution in [1.29, 1.82) is 0 Å². The molecule has 1 aromatic carbocycles. The summed E-state index contributed by atoms with van der Waals surface area (Å²) in [4.78, 5) is 9.09. The van der Waals surface area contributed by atoms with Crippen LogP contribution in [0.2, 0.25) is 0 Å². The number of fused-ring (bicyclic) bond motifs is 2. The van der Waals surface area contributed by atoms with Gasteiger partial charge in [0, 0.05) is 44.9 Å². The van der Waals surface area contributed by atoms with Crippen LogP contribution in [0.1, 0.15) is 0 Å². The summed E-state index contributed by atoms with van der Waals surface area (Å²) in [5, 5.41) is 3.53. The minimum atomic E-state index is -0.507. The standard InChI is InChI=1S/C20H22F2N4O/c1-25-19(24-17-3-2-6-23-20(17)25)10-26-8-13-14(9-26)15(13)11-27-18-7-12(21)4-5-16(18)22/h2-7,13-15,19,24H,8-11H2,1H3/t13-,14+,15?,19?. The van der Waals surface area contributed by atoms with E-state index in [4.69, 9.17) is 4.74 Å². The molecule has 4 atom stereocenters. The highest BCUT2D eigenvalue weighted by molar-refractivity contribution is 5.71. The number of benzene rings is 1. The molecule has 0 radical (unpaired) electrons. The van der Waals surface area contributed by atoms with Gasteiger partial charge in [-0.3, -0.25) is 4.90 Å². The zero-order valence-electron chi connectivity index (χ0n) is 15.1. The first-order valence-corrected chi connectivity index (χ1v) is 9.35. The van der Waals surface area contributed by atoms with Crippen LogP contribution in [0.15, 0.2) is 36.5 Å². The predicted octanol–water partition coefficient (Wildman–Crippen LogP) is 2.80. The SMILES string of the molecule is CN1c2ncccc2NC1CN1C[C@@H]2C(COc3cc(F)ccc3F)[C@@H]2C1. The molecule has 2 aliphatic heterocycles. The number of pyridine rings is 1. The molecule has 5 rings (SSSR count). The Bertz CT molecular complexity index is 852. The second-order valence-corrected chi connectivity index (χ2v) is 7.74. The first kappa shape index (κ1) is 16.7. The van der Waals surface area contributed by atoms with E-state index in [1.165, 1.54) is 0 Å². The van der Waals surface area contributed by atoms with Crippen molar-refractivity contribution in [2.45, 2.75) is 6.17 Å². The van der Waals surface area contributed by atoms with Crippen LogP contribution in [0.5, 0.6) is 5.75 Å². The van der Waals surface area contributed by atoms with Gasteiger partial charge in [-0.25, -0.2) is 13.8 Å². The number of hydrogen-bond donors (Lipinski definition) is 1. The molecule has 7 heteroatoms. The molecular weight excluding hydrogens is 350 g/mol. The third-order valence-corrected chi connectivity index (χ3v) is 6.11. The first-order valence-electron chi connectivity index (χ1n) is 9.35. The summed E-state index contributed by atoms with van der Waals surface area (Å²) in [6, 6.07) is 7.33. The number of rotatable bonds is 5. The Morgan fingerprint density at radius 3 is 2.81 bits per heavy atom. The fourth-order valence-electron chi connectivity index (χ4n) is 4.53. The Kier molecular flexibility index (Phi) is 3.93. The topological polar surface area (TPSA) is 40.6 Å². The lowest BCUT2D eigenvalue weighted by Crippen LogP contribution is -2.43. The second kappa shape index (κ2) is 6.34. The molecule has 1 aromatic heterocycles. The molecule has 1 saturated carbocycles. The highest BCUT2D eigenvalue weighted by Gasteiger charge is 2.56. The van der Waals surface area contributed by atoms with Gasteiger partial charge in [-0.2, -0.15) is 0 Å². The van der Waals surface area contributed by atoms with E-state index in [2.05, 4.69) is 33.2 Å². The lowest BCUT2D eigenvalue weighted by atomic mass is 10.2. The highest BCUT2D eigenvalue weighted by atomic mass is 19.1. The van der Waals surface area contributed by atoms with Crippen molar-refractivity contribution in [2.24, 2.45) is 17.8 Å². The zero-order chi connectivity index (χ0) is 18.5. The van der Waals surface area contributed by atoms with Gasteiger partial charge >= 0.3 is 0 Å². The highest BCUT2D eigenvalue weighted by Crippen LogP contribution is 2.52. The fourth-order valence-corrected chi connectivity index (χ4v) is 4.53. The number of anilines is 2. The molecule has 1 saturated heterocycles. The number of halogens is 2. The van der Waals surface area contributed by atoms with Gasteiger partial charge in [0.2, 0.25) is 0 Å². The minimum absolute atomic E-state index is 0.0128. The number of aromatic nitrogens is 1. The van der Waals surface area contributed by atoms with Crippen molar-refractivity contribution >= 4 is 11.5 Å². The average molecular weight is 372 g/mol. The van der Waals surface area contributed by atoms with Crippen LogP contribution in [0, 0.1) is 29.4 Å². The largest absolute Gasteiger partial charge is 0.490 e. The van der Waals surface area contributed by atoms with Crippen LogP contribution < -0.4 is 15.0 Å². The molecule has 3 heterocycles. The summed E-state index contributed by atoms with van der Waals surface area (Å²) in [6.07, 6.45) is 2.04. The Morgan fingerprint density at radius 1 is 1.22 bits per heavy atom. The van der Waals surface area contributed by atoms with E-state index in [9.17, 15) is 8.78 Å². The van der Waals surface area contributed by atoms with Gasteiger partial charge in [0.05, 0.1) is 12.3 Å². The van der Waals surface area contributed by atoms with E-state index in [1.807, 2.05) is 12.3 Å². The van der Waals surface area contributed by atoms with E-state index < -0.39 is 11.6 Å². The zero-order valence-corrected chi connectivity index (χ0v) is 15.1. The summed E-state index contributed by atoms with van der Waals surface area (Å²) in [5.41, 5.74) is 1.08. The quantitative estimate of drug-likeness (QED) is 0.874. The maximum Gasteiger partial charge on any atom is 0.165 e. The van der Waals surface area contributed by atoms with Crippen molar-refractivity contribution in [1.82, 2.24) is 9.88 Å². The van der Waals surface area contributed by atoms with Crippen LogP contribution >= 0.6 is 0 Å². The van der Waals surface area contributed by atoms with Crippen LogP contribution in [-0.2, 0) is 0 Å². The van der Waals surface area contributed by atoms with Crippen molar-refractivity contribution < 1.29 is 13.5 Å². The number of nitrogens with one attached hydrogen (secondary N) is 1. The second-order valence-electron chi connectivity index (χ2n) is 7.74. The number of ether oxygens (including phenoxy) is 1. The molecule has 27 heavy (non-hydrogen) atoms. The molecule has 0 spiro atoms. The summed E-state index contributed by atoms with van der Waals surface area (Å²) in [6.45, 7) is 3.45. The molecular formula is C20H22F2N4O. The summed E-state index contributed by atoms with van der Waals surface area (Å²) >= 11 is 0. The maximum absolute atomic E-state index is 13.7. The molecule has 2 fully saturated rings. The third-order valence-electron chi connectivity index (χ3n) is 6.11. The molecule has 2 unspecified atom stereocenters. The number of nitrogens with zero attached hydrogens (tertiary/aromatic N) is 3. The van der Waals surface area contributed by atoms with E-state index in [1.54, 1.807) is 0 Å². The fraction of sp³-hybridized carbons (Fsp3) is 0.450. The lowest BCUT2D eigenvalue weighted by molar-refractivity contribution is 0.224. The van der Waals surface area contributed by atoms with Gasteiger partial charge in [0.1, 0.15) is 12.0 Å². The molecule has 3 aliphatic rings. The first-order chi connectivity index (χ1) is 13.1. The Labute approximate surface area is 156 Å². The van der Waals surface area contributed by atoms with Crippen LogP contribution in [0.4, 0.5) is 20.3 Å². The van der Waals surface area contributed by atoms with Gasteiger partial charge in [-0.1, -0.05) is 0 Å².